The molecule has 1 heterocycles. The van der Waals surface area contributed by atoms with Gasteiger partial charge in [0.2, 0.25) is 0 Å². The fourth-order valence-electron chi connectivity index (χ4n) is 3.14. The molecule has 2 nitrogen and oxygen atoms in total. The summed E-state index contributed by atoms with van der Waals surface area (Å²) in [4.78, 5) is 0. The predicted octanol–water partition coefficient (Wildman–Crippen LogP) is 4.49. The first-order valence-electron chi connectivity index (χ1n) is 8.70. The van der Waals surface area contributed by atoms with Gasteiger partial charge in [-0.15, -0.1) is 0 Å². The number of hydrogen-bond acceptors (Lipinski definition) is 2. The Hall–Kier alpha value is -0.860. The van der Waals surface area contributed by atoms with Crippen molar-refractivity contribution >= 4 is 0 Å². The molecule has 118 valence electrons. The molecule has 1 saturated heterocycles. The van der Waals surface area contributed by atoms with Gasteiger partial charge in [0.15, 0.2) is 0 Å². The molecular formula is C19H31NO. The van der Waals surface area contributed by atoms with Crippen LogP contribution in [-0.4, -0.2) is 19.3 Å². The highest BCUT2D eigenvalue weighted by Crippen LogP contribution is 2.31. The maximum Gasteiger partial charge on any atom is 0.0795 e. The standard InChI is InChI=1S/C19H31NO/c1-4-6-7-16-8-10-17(11-9-16)18(20-13-5-2)19-15(3)12-14-21-19/h8-11,15,18-20H,4-7,12-14H2,1-3H3. The van der Waals surface area contributed by atoms with Crippen LogP contribution in [0.25, 0.3) is 0 Å². The van der Waals surface area contributed by atoms with E-state index in [4.69, 9.17) is 4.74 Å². The lowest BCUT2D eigenvalue weighted by Crippen LogP contribution is -2.35. The Labute approximate surface area is 130 Å². The monoisotopic (exact) mass is 289 g/mol. The summed E-state index contributed by atoms with van der Waals surface area (Å²) in [6, 6.07) is 9.53. The maximum atomic E-state index is 6.01. The molecule has 3 unspecified atom stereocenters. The Balaban J connectivity index is 2.08. The van der Waals surface area contributed by atoms with Crippen molar-refractivity contribution in [3.63, 3.8) is 0 Å². The van der Waals surface area contributed by atoms with Crippen LogP contribution in [0.1, 0.15) is 63.6 Å². The lowest BCUT2D eigenvalue weighted by molar-refractivity contribution is 0.0607. The van der Waals surface area contributed by atoms with Gasteiger partial charge in [-0.1, -0.05) is 51.5 Å². The zero-order valence-corrected chi connectivity index (χ0v) is 13.9. The predicted molar refractivity (Wildman–Crippen MR) is 89.6 cm³/mol. The number of aryl methyl sites for hydroxylation is 1. The van der Waals surface area contributed by atoms with Gasteiger partial charge in [-0.05, 0) is 49.3 Å². The van der Waals surface area contributed by atoms with Crippen LogP contribution in [-0.2, 0) is 11.2 Å². The molecule has 1 fully saturated rings. The normalized spacial score (nSPS) is 23.4. The molecule has 1 aromatic carbocycles. The number of hydrogen-bond donors (Lipinski definition) is 1. The van der Waals surface area contributed by atoms with E-state index in [1.807, 2.05) is 0 Å². The maximum absolute atomic E-state index is 6.01. The van der Waals surface area contributed by atoms with Crippen molar-refractivity contribution in [2.24, 2.45) is 5.92 Å². The molecule has 1 aliphatic rings. The smallest absolute Gasteiger partial charge is 0.0795 e. The summed E-state index contributed by atoms with van der Waals surface area (Å²) in [7, 11) is 0. The second kappa shape index (κ2) is 8.55. The van der Waals surface area contributed by atoms with Gasteiger partial charge in [0.1, 0.15) is 0 Å². The molecule has 0 radical (unpaired) electrons. The molecule has 1 aromatic rings. The van der Waals surface area contributed by atoms with Crippen molar-refractivity contribution in [2.45, 2.75) is 65.0 Å². The summed E-state index contributed by atoms with van der Waals surface area (Å²) in [5, 5.41) is 3.70. The quantitative estimate of drug-likeness (QED) is 0.761. The molecule has 0 amide bonds. The van der Waals surface area contributed by atoms with Gasteiger partial charge in [0.25, 0.3) is 0 Å². The van der Waals surface area contributed by atoms with E-state index in [-0.39, 0.29) is 0 Å². The SMILES string of the molecule is CCCCc1ccc(C(NCCC)C2OCCC2C)cc1. The first-order valence-corrected chi connectivity index (χ1v) is 8.70. The third-order valence-corrected chi connectivity index (χ3v) is 4.54. The highest BCUT2D eigenvalue weighted by molar-refractivity contribution is 5.26. The van der Waals surface area contributed by atoms with E-state index in [9.17, 15) is 0 Å². The van der Waals surface area contributed by atoms with Gasteiger partial charge in [-0.3, -0.25) is 0 Å². The van der Waals surface area contributed by atoms with Gasteiger partial charge in [0.05, 0.1) is 12.1 Å². The molecule has 1 aliphatic heterocycles. The highest BCUT2D eigenvalue weighted by Gasteiger charge is 2.32. The first kappa shape index (κ1) is 16.5. The molecule has 3 atom stereocenters. The lowest BCUT2D eigenvalue weighted by Gasteiger charge is -2.28. The van der Waals surface area contributed by atoms with Gasteiger partial charge in [-0.2, -0.15) is 0 Å². The van der Waals surface area contributed by atoms with Crippen molar-refractivity contribution in [1.29, 1.82) is 0 Å². The van der Waals surface area contributed by atoms with E-state index in [2.05, 4.69) is 50.4 Å². The van der Waals surface area contributed by atoms with E-state index in [0.717, 1.165) is 19.6 Å². The average Bonchev–Trinajstić information content (AvgIpc) is 2.93. The molecule has 0 aromatic heterocycles. The first-order chi connectivity index (χ1) is 10.3. The topological polar surface area (TPSA) is 21.3 Å². The van der Waals surface area contributed by atoms with Crippen LogP contribution in [0.2, 0.25) is 0 Å². The van der Waals surface area contributed by atoms with Crippen LogP contribution in [0.3, 0.4) is 0 Å². The van der Waals surface area contributed by atoms with Gasteiger partial charge < -0.3 is 10.1 Å². The van der Waals surface area contributed by atoms with Crippen LogP contribution in [0, 0.1) is 5.92 Å². The zero-order valence-electron chi connectivity index (χ0n) is 13.9. The number of rotatable bonds is 8. The Morgan fingerprint density at radius 3 is 2.52 bits per heavy atom. The van der Waals surface area contributed by atoms with Crippen LogP contribution >= 0.6 is 0 Å². The Bertz CT molecular complexity index is 401. The van der Waals surface area contributed by atoms with Crippen LogP contribution in [0.15, 0.2) is 24.3 Å². The number of nitrogens with one attached hydrogen (secondary N) is 1. The van der Waals surface area contributed by atoms with E-state index in [1.54, 1.807) is 0 Å². The fraction of sp³-hybridized carbons (Fsp3) is 0.684. The molecule has 2 rings (SSSR count). The third kappa shape index (κ3) is 4.55. The molecule has 0 aliphatic carbocycles. The summed E-state index contributed by atoms with van der Waals surface area (Å²) in [6.07, 6.45) is 6.39. The largest absolute Gasteiger partial charge is 0.376 e. The molecule has 2 heteroatoms. The van der Waals surface area contributed by atoms with E-state index >= 15 is 0 Å². The molecule has 0 saturated carbocycles. The van der Waals surface area contributed by atoms with Gasteiger partial charge in [-0.25, -0.2) is 0 Å². The van der Waals surface area contributed by atoms with Crippen molar-refractivity contribution in [1.82, 2.24) is 5.32 Å². The molecule has 1 N–H and O–H groups in total. The summed E-state index contributed by atoms with van der Waals surface area (Å²) >= 11 is 0. The van der Waals surface area contributed by atoms with Crippen LogP contribution in [0.4, 0.5) is 0 Å². The Morgan fingerprint density at radius 2 is 1.95 bits per heavy atom. The van der Waals surface area contributed by atoms with E-state index < -0.39 is 0 Å². The summed E-state index contributed by atoms with van der Waals surface area (Å²) < 4.78 is 6.01. The van der Waals surface area contributed by atoms with E-state index in [1.165, 1.54) is 36.8 Å². The number of ether oxygens (including phenoxy) is 1. The molecule has 0 bridgehead atoms. The minimum absolute atomic E-state index is 0.318. The Kier molecular flexibility index (Phi) is 6.72. The molecule has 21 heavy (non-hydrogen) atoms. The van der Waals surface area contributed by atoms with Crippen LogP contribution < -0.4 is 5.32 Å². The lowest BCUT2D eigenvalue weighted by atomic mass is 9.91. The molecule has 0 spiro atoms. The van der Waals surface area contributed by atoms with Crippen molar-refractivity contribution in [3.8, 4) is 0 Å². The van der Waals surface area contributed by atoms with Gasteiger partial charge in [0, 0.05) is 6.61 Å². The summed E-state index contributed by atoms with van der Waals surface area (Å²) in [6.45, 7) is 8.74. The van der Waals surface area contributed by atoms with Crippen molar-refractivity contribution in [2.75, 3.05) is 13.2 Å². The minimum atomic E-state index is 0.318. The molecular weight excluding hydrogens is 258 g/mol. The number of unbranched alkanes of at least 4 members (excludes halogenated alkanes) is 1. The Morgan fingerprint density at radius 1 is 1.19 bits per heavy atom. The zero-order chi connectivity index (χ0) is 15.1. The van der Waals surface area contributed by atoms with Crippen molar-refractivity contribution < 1.29 is 4.74 Å². The van der Waals surface area contributed by atoms with Crippen molar-refractivity contribution in [3.05, 3.63) is 35.4 Å². The second-order valence-electron chi connectivity index (χ2n) is 6.38. The highest BCUT2D eigenvalue weighted by atomic mass is 16.5. The summed E-state index contributed by atoms with van der Waals surface area (Å²) in [5.74, 6) is 0.638. The average molecular weight is 289 g/mol. The van der Waals surface area contributed by atoms with E-state index in [0.29, 0.717) is 18.1 Å². The fourth-order valence-corrected chi connectivity index (χ4v) is 3.14. The third-order valence-electron chi connectivity index (χ3n) is 4.54. The van der Waals surface area contributed by atoms with Crippen LogP contribution in [0.5, 0.6) is 0 Å². The minimum Gasteiger partial charge on any atom is -0.376 e. The van der Waals surface area contributed by atoms with Gasteiger partial charge >= 0.3 is 0 Å². The summed E-state index contributed by atoms with van der Waals surface area (Å²) in [5.41, 5.74) is 2.83. The number of benzene rings is 1. The second-order valence-corrected chi connectivity index (χ2v) is 6.38.